The Bertz CT molecular complexity index is 2150. The number of ether oxygens (including phenoxy) is 4. The molecule has 1 aliphatic carbocycles. The summed E-state index contributed by atoms with van der Waals surface area (Å²) in [6.45, 7) is 2.30. The maximum Gasteiger partial charge on any atom is 0.275 e. The lowest BCUT2D eigenvalue weighted by atomic mass is 9.69. The van der Waals surface area contributed by atoms with E-state index < -0.39 is 51.2 Å². The summed E-state index contributed by atoms with van der Waals surface area (Å²) in [7, 11) is 4.08. The number of piperidine rings is 1. The summed E-state index contributed by atoms with van der Waals surface area (Å²) in [4.78, 5) is 57.5. The molecule has 3 N–H and O–H groups in total. The molecule has 280 valence electrons. The number of aliphatic hydroxyl groups is 1. The number of carbonyl (C=O) groups is 3. The highest BCUT2D eigenvalue weighted by atomic mass is 35.5. The molecule has 0 radical (unpaired) electrons. The average molecular weight is 751 g/mol. The molecule has 3 aromatic rings. The van der Waals surface area contributed by atoms with Crippen LogP contribution in [0, 0.1) is 17.0 Å². The highest BCUT2D eigenvalue weighted by Gasteiger charge is 2.61. The van der Waals surface area contributed by atoms with Crippen molar-refractivity contribution in [1.29, 1.82) is 0 Å². The third-order valence-electron chi connectivity index (χ3n) is 11.0. The quantitative estimate of drug-likeness (QED) is 0.273. The van der Waals surface area contributed by atoms with Crippen molar-refractivity contribution in [2.24, 2.45) is 11.8 Å². The molecule has 5 atom stereocenters. The molecule has 15 nitrogen and oxygen atoms in total. The summed E-state index contributed by atoms with van der Waals surface area (Å²) >= 11 is 6.62. The number of methoxy groups -OCH3 is 3. The Morgan fingerprint density at radius 2 is 1.75 bits per heavy atom. The Morgan fingerprint density at radius 3 is 2.43 bits per heavy atom. The van der Waals surface area contributed by atoms with Crippen LogP contribution in [0.4, 0.5) is 5.69 Å². The fourth-order valence-corrected chi connectivity index (χ4v) is 8.69. The standard InChI is InChI=1S/C37H37ClN3O12/c1-17-9-25(43)30(34(45)37(17)35(46)31-27(51-3)13-28(52-4)32(38)33(31)53-37)21(19-5-8-24(42)26(11-19)50-2)12-29(44)39-14-18-10-20(16-39)22-6-7-23(41(48)49)36(47)40(22)15-18/h5-8,11,13,17-18,20-21,42,45,48H,9-10,12,14-16H2,1-4H3/q-1. The molecule has 5 unspecified atom stereocenters. The lowest BCUT2D eigenvalue weighted by molar-refractivity contribution is -0.134. The van der Waals surface area contributed by atoms with Crippen molar-refractivity contribution >= 4 is 34.8 Å². The van der Waals surface area contributed by atoms with Crippen LogP contribution in [-0.4, -0.2) is 82.4 Å². The van der Waals surface area contributed by atoms with E-state index in [2.05, 4.69) is 0 Å². The van der Waals surface area contributed by atoms with Crippen LogP contribution >= 0.6 is 11.6 Å². The molecule has 1 aromatic heterocycles. The first kappa shape index (κ1) is 36.1. The topological polar surface area (TPSA) is 200 Å². The number of anilines is 1. The maximum absolute atomic E-state index is 14.5. The normalized spacial score (nSPS) is 23.7. The Balaban J connectivity index is 1.30. The lowest BCUT2D eigenvalue weighted by Gasteiger charge is -2.43. The van der Waals surface area contributed by atoms with E-state index in [4.69, 9.17) is 30.5 Å². The number of Topliss-reactive ketones (excluding diaryl/α,β-unsaturated/α-hetero) is 2. The van der Waals surface area contributed by atoms with Gasteiger partial charge in [0.15, 0.2) is 28.8 Å². The van der Waals surface area contributed by atoms with Gasteiger partial charge in [0.2, 0.25) is 17.3 Å². The molecule has 1 fully saturated rings. The molecule has 7 rings (SSSR count). The molecule has 53 heavy (non-hydrogen) atoms. The number of aliphatic hydroxyl groups excluding tert-OH is 1. The summed E-state index contributed by atoms with van der Waals surface area (Å²) in [5.74, 6) is -4.60. The molecule has 1 saturated heterocycles. The second kappa shape index (κ2) is 13.3. The summed E-state index contributed by atoms with van der Waals surface area (Å²) < 4.78 is 24.0. The number of aromatic nitrogens is 1. The van der Waals surface area contributed by atoms with E-state index in [9.17, 15) is 39.8 Å². The number of fused-ring (bicyclic) bond motifs is 5. The van der Waals surface area contributed by atoms with Crippen LogP contribution in [0.25, 0.3) is 0 Å². The molecule has 2 aromatic carbocycles. The molecule has 16 heteroatoms. The van der Waals surface area contributed by atoms with Crippen molar-refractivity contribution in [2.75, 3.05) is 39.6 Å². The van der Waals surface area contributed by atoms with E-state index in [-0.39, 0.29) is 95.1 Å². The molecule has 4 aliphatic rings. The number of phenols is 1. The Morgan fingerprint density at radius 1 is 1.04 bits per heavy atom. The summed E-state index contributed by atoms with van der Waals surface area (Å²) in [5.41, 5.74) is -2.39. The van der Waals surface area contributed by atoms with Crippen molar-refractivity contribution in [3.05, 3.63) is 85.1 Å². The number of amides is 1. The van der Waals surface area contributed by atoms with Crippen molar-refractivity contribution in [1.82, 2.24) is 9.47 Å². The van der Waals surface area contributed by atoms with Gasteiger partial charge in [-0.3, -0.25) is 24.4 Å². The van der Waals surface area contributed by atoms with Crippen LogP contribution in [0.5, 0.6) is 28.7 Å². The van der Waals surface area contributed by atoms with E-state index in [1.165, 1.54) is 56.2 Å². The Hall–Kier alpha value is -5.25. The van der Waals surface area contributed by atoms with Gasteiger partial charge in [-0.25, -0.2) is 0 Å². The van der Waals surface area contributed by atoms with Crippen LogP contribution in [0.15, 0.2) is 52.5 Å². The van der Waals surface area contributed by atoms with Crippen molar-refractivity contribution in [3.63, 3.8) is 0 Å². The highest BCUT2D eigenvalue weighted by molar-refractivity contribution is 6.35. The van der Waals surface area contributed by atoms with Crippen LogP contribution in [0.3, 0.4) is 0 Å². The molecular formula is C37H37ClN3O12-. The number of benzene rings is 2. The second-order valence-corrected chi connectivity index (χ2v) is 14.3. The third-order valence-corrected chi connectivity index (χ3v) is 11.3. The molecule has 3 aliphatic heterocycles. The van der Waals surface area contributed by atoms with E-state index >= 15 is 0 Å². The monoisotopic (exact) mass is 750 g/mol. The highest BCUT2D eigenvalue weighted by Crippen LogP contribution is 2.56. The van der Waals surface area contributed by atoms with Gasteiger partial charge < -0.3 is 49.1 Å². The number of ketones is 2. The number of hydrogen-bond acceptors (Lipinski definition) is 13. The minimum Gasteiger partial charge on any atom is -0.733 e. The first-order valence-electron chi connectivity index (χ1n) is 16.9. The molecular weight excluding hydrogens is 714 g/mol. The predicted octanol–water partition coefficient (Wildman–Crippen LogP) is 4.48. The lowest BCUT2D eigenvalue weighted by Crippen LogP contribution is -2.53. The van der Waals surface area contributed by atoms with E-state index in [1.807, 2.05) is 0 Å². The zero-order chi connectivity index (χ0) is 38.1. The van der Waals surface area contributed by atoms with Crippen LogP contribution < -0.4 is 29.7 Å². The van der Waals surface area contributed by atoms with Crippen molar-refractivity contribution in [3.8, 4) is 28.7 Å². The number of carbonyl (C=O) groups excluding carboxylic acids is 3. The largest absolute Gasteiger partial charge is 0.733 e. The molecule has 1 spiro atoms. The minimum absolute atomic E-state index is 0.0283. The zero-order valence-corrected chi connectivity index (χ0v) is 30.0. The third kappa shape index (κ3) is 5.56. The zero-order valence-electron chi connectivity index (χ0n) is 29.3. The molecule has 1 amide bonds. The van der Waals surface area contributed by atoms with Gasteiger partial charge in [0.05, 0.1) is 21.3 Å². The molecule has 2 bridgehead atoms. The number of allylic oxidation sites excluding steroid dienone is 1. The SMILES string of the molecule is COc1cc(C(CC(=O)N2CC3CC(C2)c2ccc(N([O-])O)c(=O)n2C3)C2=C(O)C3(Oc4c(Cl)c(OC)cc(OC)c4C3=O)C(C)CC2=O)ccc1O. The first-order chi connectivity index (χ1) is 25.2. The maximum atomic E-state index is 14.5. The average Bonchev–Trinajstić information content (AvgIpc) is 3.45. The first-order valence-corrected chi connectivity index (χ1v) is 17.3. The smallest absolute Gasteiger partial charge is 0.275 e. The van der Waals surface area contributed by atoms with Crippen LogP contribution in [-0.2, 0) is 16.1 Å². The summed E-state index contributed by atoms with van der Waals surface area (Å²) in [6.07, 6.45) is 0.124. The molecule has 4 heterocycles. The Labute approximate surface area is 308 Å². The predicted molar refractivity (Wildman–Crippen MR) is 188 cm³/mol. The van der Waals surface area contributed by atoms with E-state index in [0.717, 1.165) is 0 Å². The molecule has 0 saturated carbocycles. The van der Waals surface area contributed by atoms with Gasteiger partial charge in [-0.05, 0) is 42.2 Å². The summed E-state index contributed by atoms with van der Waals surface area (Å²) in [6, 6.07) is 8.60. The number of aromatic hydroxyl groups is 1. The number of likely N-dealkylation sites (tertiary alicyclic amines) is 1. The number of phenolic OH excluding ortho intramolecular Hbond substituents is 1. The van der Waals surface area contributed by atoms with Gasteiger partial charge in [0.1, 0.15) is 27.8 Å². The van der Waals surface area contributed by atoms with Gasteiger partial charge in [-0.1, -0.05) is 24.6 Å². The van der Waals surface area contributed by atoms with Gasteiger partial charge in [0, 0.05) is 67.6 Å². The second-order valence-electron chi connectivity index (χ2n) is 13.9. The van der Waals surface area contributed by atoms with Gasteiger partial charge in [-0.2, -0.15) is 0 Å². The summed E-state index contributed by atoms with van der Waals surface area (Å²) in [5, 5.41) is 43.1. The van der Waals surface area contributed by atoms with Crippen molar-refractivity contribution < 1.29 is 48.8 Å². The number of halogens is 1. The minimum atomic E-state index is -2.09. The van der Waals surface area contributed by atoms with Crippen molar-refractivity contribution in [2.45, 2.75) is 50.2 Å². The van der Waals surface area contributed by atoms with Crippen LogP contribution in [0.1, 0.15) is 59.6 Å². The van der Waals surface area contributed by atoms with E-state index in [0.29, 0.717) is 17.7 Å². The number of pyridine rings is 1. The van der Waals surface area contributed by atoms with Crippen LogP contribution in [0.2, 0.25) is 5.02 Å². The Kier molecular flexibility index (Phi) is 9.07. The fourth-order valence-electron chi connectivity index (χ4n) is 8.42. The van der Waals surface area contributed by atoms with Gasteiger partial charge in [0.25, 0.3) is 5.56 Å². The van der Waals surface area contributed by atoms with Gasteiger partial charge in [-0.15, -0.1) is 0 Å². The number of hydrogen-bond donors (Lipinski definition) is 3. The fraction of sp³-hybridized carbons (Fsp3) is 0.405. The number of rotatable bonds is 8. The number of nitrogens with zero attached hydrogens (tertiary/aromatic N) is 3. The van der Waals surface area contributed by atoms with E-state index in [1.54, 1.807) is 17.9 Å². The van der Waals surface area contributed by atoms with Gasteiger partial charge >= 0.3 is 0 Å².